The van der Waals surface area contributed by atoms with Gasteiger partial charge in [-0.25, -0.2) is 0 Å². The zero-order chi connectivity index (χ0) is 12.1. The summed E-state index contributed by atoms with van der Waals surface area (Å²) in [7, 11) is 0. The Kier molecular flexibility index (Phi) is 4.96. The van der Waals surface area contributed by atoms with E-state index in [1.54, 1.807) is 0 Å². The fourth-order valence-electron chi connectivity index (χ4n) is 1.36. The molecule has 2 N–H and O–H groups in total. The lowest BCUT2D eigenvalue weighted by Crippen LogP contribution is -2.25. The minimum Gasteiger partial charge on any atom is -0.396 e. The average molecular weight is 286 g/mol. The van der Waals surface area contributed by atoms with Crippen LogP contribution in [0.1, 0.15) is 18.9 Å². The van der Waals surface area contributed by atoms with Gasteiger partial charge in [-0.3, -0.25) is 4.79 Å². The molecule has 0 aliphatic heterocycles. The molecule has 1 amide bonds. The molecule has 0 bridgehead atoms. The van der Waals surface area contributed by atoms with E-state index in [1.165, 1.54) is 0 Å². The number of aliphatic hydroxyl groups is 1. The fourth-order valence-corrected chi connectivity index (χ4v) is 1.61. The smallest absolute Gasteiger partial charge is 0.229 e. The van der Waals surface area contributed by atoms with Gasteiger partial charge < -0.3 is 10.4 Å². The predicted molar refractivity (Wildman–Crippen MR) is 68.4 cm³/mol. The number of halogens is 1. The van der Waals surface area contributed by atoms with Crippen molar-refractivity contribution in [3.05, 3.63) is 28.2 Å². The lowest BCUT2D eigenvalue weighted by Gasteiger charge is -2.12. The summed E-state index contributed by atoms with van der Waals surface area (Å²) in [4.78, 5) is 11.7. The van der Waals surface area contributed by atoms with E-state index in [-0.39, 0.29) is 18.4 Å². The van der Waals surface area contributed by atoms with Crippen molar-refractivity contribution in [2.24, 2.45) is 5.92 Å². The first-order valence-electron chi connectivity index (χ1n) is 5.26. The number of benzene rings is 1. The Morgan fingerprint density at radius 2 is 2.25 bits per heavy atom. The van der Waals surface area contributed by atoms with Crippen LogP contribution in [0, 0.1) is 12.8 Å². The molecule has 0 radical (unpaired) electrons. The molecule has 1 unspecified atom stereocenters. The molecule has 0 heterocycles. The second-order valence-corrected chi connectivity index (χ2v) is 4.60. The maximum atomic E-state index is 11.7. The van der Waals surface area contributed by atoms with Gasteiger partial charge in [-0.05, 0) is 37.1 Å². The first kappa shape index (κ1) is 13.2. The van der Waals surface area contributed by atoms with Crippen LogP contribution in [0.3, 0.4) is 0 Å². The highest BCUT2D eigenvalue weighted by molar-refractivity contribution is 9.10. The molecule has 0 saturated heterocycles. The fraction of sp³-hybridized carbons (Fsp3) is 0.417. The van der Waals surface area contributed by atoms with Gasteiger partial charge in [0.05, 0.1) is 12.5 Å². The van der Waals surface area contributed by atoms with Crippen molar-refractivity contribution in [3.63, 3.8) is 0 Å². The van der Waals surface area contributed by atoms with Crippen molar-refractivity contribution in [2.45, 2.75) is 20.3 Å². The van der Waals surface area contributed by atoms with E-state index in [1.807, 2.05) is 32.0 Å². The van der Waals surface area contributed by atoms with Crippen molar-refractivity contribution >= 4 is 27.5 Å². The Morgan fingerprint density at radius 1 is 1.56 bits per heavy atom. The first-order valence-corrected chi connectivity index (χ1v) is 6.05. The normalized spacial score (nSPS) is 12.2. The summed E-state index contributed by atoms with van der Waals surface area (Å²) in [5.74, 6) is -0.462. The van der Waals surface area contributed by atoms with Crippen LogP contribution < -0.4 is 5.32 Å². The Bertz CT molecular complexity index is 375. The SMILES string of the molecule is CCC(CO)C(=O)Nc1ccc(Br)c(C)c1. The average Bonchev–Trinajstić information content (AvgIpc) is 2.25. The number of aryl methyl sites for hydroxylation is 1. The Labute approximate surface area is 104 Å². The van der Waals surface area contributed by atoms with Crippen LogP contribution in [-0.4, -0.2) is 17.6 Å². The monoisotopic (exact) mass is 285 g/mol. The highest BCUT2D eigenvalue weighted by atomic mass is 79.9. The summed E-state index contributed by atoms with van der Waals surface area (Å²) in [6.45, 7) is 3.73. The van der Waals surface area contributed by atoms with E-state index >= 15 is 0 Å². The largest absolute Gasteiger partial charge is 0.396 e. The van der Waals surface area contributed by atoms with E-state index in [2.05, 4.69) is 21.2 Å². The van der Waals surface area contributed by atoms with Gasteiger partial charge in [0.25, 0.3) is 0 Å². The standard InChI is InChI=1S/C12H16BrNO2/c1-3-9(7-15)12(16)14-10-4-5-11(13)8(2)6-10/h4-6,9,15H,3,7H2,1-2H3,(H,14,16). The Balaban J connectivity index is 2.73. The van der Waals surface area contributed by atoms with Crippen LogP contribution in [0.25, 0.3) is 0 Å². The Hall–Kier alpha value is -0.870. The number of anilines is 1. The molecule has 0 aliphatic rings. The molecule has 0 aliphatic carbocycles. The number of carbonyl (C=O) groups is 1. The third kappa shape index (κ3) is 3.32. The van der Waals surface area contributed by atoms with E-state index in [0.717, 1.165) is 15.7 Å². The van der Waals surface area contributed by atoms with Crippen molar-refractivity contribution in [2.75, 3.05) is 11.9 Å². The molecule has 0 saturated carbocycles. The molecule has 88 valence electrons. The van der Waals surface area contributed by atoms with Crippen LogP contribution in [0.4, 0.5) is 5.69 Å². The van der Waals surface area contributed by atoms with Crippen molar-refractivity contribution in [1.29, 1.82) is 0 Å². The van der Waals surface area contributed by atoms with E-state index in [0.29, 0.717) is 6.42 Å². The summed E-state index contributed by atoms with van der Waals surface area (Å²) >= 11 is 3.40. The maximum Gasteiger partial charge on any atom is 0.229 e. The second kappa shape index (κ2) is 6.01. The highest BCUT2D eigenvalue weighted by Crippen LogP contribution is 2.20. The molecule has 1 aromatic rings. The second-order valence-electron chi connectivity index (χ2n) is 3.74. The van der Waals surface area contributed by atoms with Crippen molar-refractivity contribution < 1.29 is 9.90 Å². The summed E-state index contributed by atoms with van der Waals surface area (Å²) in [5, 5.41) is 11.8. The van der Waals surface area contributed by atoms with Gasteiger partial charge in [0.15, 0.2) is 0 Å². The zero-order valence-corrected chi connectivity index (χ0v) is 11.0. The molecule has 1 aromatic carbocycles. The van der Waals surface area contributed by atoms with E-state index in [9.17, 15) is 4.79 Å². The maximum absolute atomic E-state index is 11.7. The van der Waals surface area contributed by atoms with Crippen LogP contribution in [0.2, 0.25) is 0 Å². The highest BCUT2D eigenvalue weighted by Gasteiger charge is 2.15. The Morgan fingerprint density at radius 3 is 2.75 bits per heavy atom. The minimum atomic E-state index is -0.330. The number of hydrogen-bond donors (Lipinski definition) is 2. The van der Waals surface area contributed by atoms with Crippen LogP contribution in [0.15, 0.2) is 22.7 Å². The van der Waals surface area contributed by atoms with Gasteiger partial charge in [0.1, 0.15) is 0 Å². The summed E-state index contributed by atoms with van der Waals surface area (Å²) in [6.07, 6.45) is 0.637. The molecule has 16 heavy (non-hydrogen) atoms. The number of hydrogen-bond acceptors (Lipinski definition) is 2. The topological polar surface area (TPSA) is 49.3 Å². The quantitative estimate of drug-likeness (QED) is 0.894. The van der Waals surface area contributed by atoms with Crippen LogP contribution in [0.5, 0.6) is 0 Å². The van der Waals surface area contributed by atoms with E-state index < -0.39 is 0 Å². The molecule has 1 atom stereocenters. The van der Waals surface area contributed by atoms with Crippen molar-refractivity contribution in [3.8, 4) is 0 Å². The van der Waals surface area contributed by atoms with E-state index in [4.69, 9.17) is 5.11 Å². The van der Waals surface area contributed by atoms with Gasteiger partial charge in [-0.15, -0.1) is 0 Å². The number of amides is 1. The summed E-state index contributed by atoms with van der Waals surface area (Å²) < 4.78 is 1.01. The van der Waals surface area contributed by atoms with Crippen LogP contribution in [-0.2, 0) is 4.79 Å². The molecule has 3 nitrogen and oxygen atoms in total. The number of nitrogens with one attached hydrogen (secondary N) is 1. The van der Waals surface area contributed by atoms with Gasteiger partial charge in [-0.2, -0.15) is 0 Å². The number of rotatable bonds is 4. The number of carbonyl (C=O) groups excluding carboxylic acids is 1. The molecular formula is C12H16BrNO2. The molecule has 0 aromatic heterocycles. The van der Waals surface area contributed by atoms with Gasteiger partial charge in [0.2, 0.25) is 5.91 Å². The minimum absolute atomic E-state index is 0.113. The molecule has 0 spiro atoms. The molecule has 4 heteroatoms. The molecule has 0 fully saturated rings. The third-order valence-corrected chi connectivity index (χ3v) is 3.40. The van der Waals surface area contributed by atoms with Gasteiger partial charge >= 0.3 is 0 Å². The van der Waals surface area contributed by atoms with Gasteiger partial charge in [0, 0.05) is 10.2 Å². The summed E-state index contributed by atoms with van der Waals surface area (Å²) in [6, 6.07) is 5.62. The van der Waals surface area contributed by atoms with Crippen LogP contribution >= 0.6 is 15.9 Å². The zero-order valence-electron chi connectivity index (χ0n) is 9.46. The predicted octanol–water partition coefficient (Wildman–Crippen LogP) is 2.71. The van der Waals surface area contributed by atoms with Crippen molar-refractivity contribution in [1.82, 2.24) is 0 Å². The summed E-state index contributed by atoms with van der Waals surface area (Å²) in [5.41, 5.74) is 1.83. The molecule has 1 rings (SSSR count). The van der Waals surface area contributed by atoms with Gasteiger partial charge in [-0.1, -0.05) is 22.9 Å². The first-order chi connectivity index (χ1) is 7.58. The lowest BCUT2D eigenvalue weighted by atomic mass is 10.1. The lowest BCUT2D eigenvalue weighted by molar-refractivity contribution is -0.121. The number of aliphatic hydroxyl groups excluding tert-OH is 1. The molecular weight excluding hydrogens is 270 g/mol. The third-order valence-electron chi connectivity index (χ3n) is 2.51.